The first kappa shape index (κ1) is 15.6. The van der Waals surface area contributed by atoms with Gasteiger partial charge in [-0.3, -0.25) is 4.79 Å². The van der Waals surface area contributed by atoms with E-state index in [-0.39, 0.29) is 23.9 Å². The minimum Gasteiger partial charge on any atom is -0.493 e. The van der Waals surface area contributed by atoms with Crippen LogP contribution in [0.25, 0.3) is 0 Å². The summed E-state index contributed by atoms with van der Waals surface area (Å²) in [4.78, 5) is 26.2. The second-order valence-electron chi connectivity index (χ2n) is 6.00. The van der Waals surface area contributed by atoms with E-state index in [0.29, 0.717) is 32.7 Å². The second kappa shape index (κ2) is 6.89. The van der Waals surface area contributed by atoms with Crippen molar-refractivity contribution in [3.05, 3.63) is 29.8 Å². The zero-order chi connectivity index (χ0) is 16.2. The van der Waals surface area contributed by atoms with E-state index in [2.05, 4.69) is 10.6 Å². The third-order valence-corrected chi connectivity index (χ3v) is 4.42. The normalized spacial score (nSPS) is 22.9. The zero-order valence-corrected chi connectivity index (χ0v) is 13.4. The Balaban J connectivity index is 1.60. The summed E-state index contributed by atoms with van der Waals surface area (Å²) in [5.41, 5.74) is 0.954. The van der Waals surface area contributed by atoms with Gasteiger partial charge in [-0.2, -0.15) is 0 Å². The van der Waals surface area contributed by atoms with E-state index in [1.54, 1.807) is 4.90 Å². The molecule has 2 aliphatic heterocycles. The highest BCUT2D eigenvalue weighted by molar-refractivity contribution is 5.85. The van der Waals surface area contributed by atoms with Crippen LogP contribution in [0.2, 0.25) is 0 Å². The first-order valence-electron chi connectivity index (χ1n) is 8.24. The Morgan fingerprint density at radius 2 is 2.13 bits per heavy atom. The largest absolute Gasteiger partial charge is 0.493 e. The maximum Gasteiger partial charge on any atom is 0.317 e. The molecule has 0 radical (unpaired) electrons. The van der Waals surface area contributed by atoms with Gasteiger partial charge < -0.3 is 20.3 Å². The first-order valence-corrected chi connectivity index (χ1v) is 8.24. The van der Waals surface area contributed by atoms with E-state index in [1.165, 1.54) is 0 Å². The number of amides is 3. The van der Waals surface area contributed by atoms with Crippen LogP contribution in [0, 0.1) is 0 Å². The molecule has 6 heteroatoms. The average molecular weight is 317 g/mol. The summed E-state index contributed by atoms with van der Waals surface area (Å²) in [6.45, 7) is 4.33. The third-order valence-electron chi connectivity index (χ3n) is 4.42. The topological polar surface area (TPSA) is 70.7 Å². The lowest BCUT2D eigenvalue weighted by Crippen LogP contribution is -2.43. The van der Waals surface area contributed by atoms with E-state index in [4.69, 9.17) is 4.74 Å². The molecule has 0 spiro atoms. The molecule has 23 heavy (non-hydrogen) atoms. The maximum absolute atomic E-state index is 12.6. The molecule has 1 aromatic carbocycles. The van der Waals surface area contributed by atoms with Crippen LogP contribution in [0.1, 0.15) is 31.2 Å². The van der Waals surface area contributed by atoms with E-state index in [0.717, 1.165) is 17.7 Å². The molecule has 2 atom stereocenters. The Morgan fingerprint density at radius 3 is 2.96 bits per heavy atom. The minimum absolute atomic E-state index is 0.0279. The Bertz CT molecular complexity index is 590. The number of fused-ring (bicyclic) bond motifs is 1. The quantitative estimate of drug-likeness (QED) is 0.887. The van der Waals surface area contributed by atoms with Crippen molar-refractivity contribution in [1.82, 2.24) is 15.5 Å². The van der Waals surface area contributed by atoms with E-state index < -0.39 is 0 Å². The minimum atomic E-state index is -0.168. The number of benzene rings is 1. The van der Waals surface area contributed by atoms with Crippen LogP contribution in [0.4, 0.5) is 4.79 Å². The van der Waals surface area contributed by atoms with Crippen LogP contribution in [0.3, 0.4) is 0 Å². The number of nitrogens with zero attached hydrogens (tertiary/aromatic N) is 1. The number of hydrogen-bond donors (Lipinski definition) is 2. The zero-order valence-electron chi connectivity index (χ0n) is 13.4. The van der Waals surface area contributed by atoms with Crippen LogP contribution in [0.5, 0.6) is 5.75 Å². The van der Waals surface area contributed by atoms with Gasteiger partial charge in [0, 0.05) is 31.2 Å². The molecule has 1 saturated heterocycles. The number of urea groups is 1. The standard InChI is InChI=1S/C17H23N3O3/c1-2-18-17(22)20-9-7-12(11-20)19-16(21)14-8-10-23-15-6-4-3-5-13(14)15/h3-6,12,14H,2,7-11H2,1H3,(H,18,22)(H,19,21)/t12-,14+/m0/s1. The van der Waals surface area contributed by atoms with Crippen LogP contribution in [0.15, 0.2) is 24.3 Å². The van der Waals surface area contributed by atoms with Crippen molar-refractivity contribution in [3.63, 3.8) is 0 Å². The average Bonchev–Trinajstić information content (AvgIpc) is 3.03. The van der Waals surface area contributed by atoms with Gasteiger partial charge in [-0.1, -0.05) is 18.2 Å². The van der Waals surface area contributed by atoms with Gasteiger partial charge in [0.15, 0.2) is 0 Å². The van der Waals surface area contributed by atoms with Crippen molar-refractivity contribution in [2.75, 3.05) is 26.2 Å². The molecule has 2 aliphatic rings. The predicted molar refractivity (Wildman–Crippen MR) is 86.5 cm³/mol. The van der Waals surface area contributed by atoms with Crippen molar-refractivity contribution in [1.29, 1.82) is 0 Å². The van der Waals surface area contributed by atoms with Gasteiger partial charge in [0.1, 0.15) is 5.75 Å². The van der Waals surface area contributed by atoms with Gasteiger partial charge in [0.25, 0.3) is 0 Å². The smallest absolute Gasteiger partial charge is 0.317 e. The monoisotopic (exact) mass is 317 g/mol. The number of ether oxygens (including phenoxy) is 1. The molecule has 0 aromatic heterocycles. The molecule has 0 aliphatic carbocycles. The fourth-order valence-electron chi connectivity index (χ4n) is 3.24. The summed E-state index contributed by atoms with van der Waals surface area (Å²) in [6.07, 6.45) is 1.49. The molecule has 1 aromatic rings. The third kappa shape index (κ3) is 3.41. The molecule has 124 valence electrons. The van der Waals surface area contributed by atoms with Crippen molar-refractivity contribution in [2.24, 2.45) is 0 Å². The molecule has 2 heterocycles. The first-order chi connectivity index (χ1) is 11.2. The van der Waals surface area contributed by atoms with Crippen molar-refractivity contribution in [3.8, 4) is 5.75 Å². The highest BCUT2D eigenvalue weighted by atomic mass is 16.5. The van der Waals surface area contributed by atoms with Crippen LogP contribution < -0.4 is 15.4 Å². The lowest BCUT2D eigenvalue weighted by atomic mass is 9.92. The summed E-state index contributed by atoms with van der Waals surface area (Å²) in [7, 11) is 0. The van der Waals surface area contributed by atoms with Gasteiger partial charge >= 0.3 is 6.03 Å². The number of rotatable bonds is 3. The molecule has 3 amide bonds. The second-order valence-corrected chi connectivity index (χ2v) is 6.00. The molecule has 1 fully saturated rings. The highest BCUT2D eigenvalue weighted by Gasteiger charge is 2.32. The van der Waals surface area contributed by atoms with E-state index in [1.807, 2.05) is 31.2 Å². The van der Waals surface area contributed by atoms with E-state index >= 15 is 0 Å². The summed E-state index contributed by atoms with van der Waals surface area (Å²) in [6, 6.07) is 7.68. The van der Waals surface area contributed by atoms with Crippen LogP contribution in [-0.4, -0.2) is 49.1 Å². The van der Waals surface area contributed by atoms with Gasteiger partial charge in [-0.15, -0.1) is 0 Å². The van der Waals surface area contributed by atoms with Crippen molar-refractivity contribution in [2.45, 2.75) is 31.7 Å². The lowest BCUT2D eigenvalue weighted by molar-refractivity contribution is -0.123. The fourth-order valence-corrected chi connectivity index (χ4v) is 3.24. The van der Waals surface area contributed by atoms with Gasteiger partial charge in [0.05, 0.1) is 12.5 Å². The molecule has 3 rings (SSSR count). The summed E-state index contributed by atoms with van der Waals surface area (Å²) >= 11 is 0. The molecule has 0 bridgehead atoms. The van der Waals surface area contributed by atoms with Gasteiger partial charge in [-0.25, -0.2) is 4.79 Å². The van der Waals surface area contributed by atoms with Gasteiger partial charge in [0.2, 0.25) is 5.91 Å². The molecule has 6 nitrogen and oxygen atoms in total. The van der Waals surface area contributed by atoms with Gasteiger partial charge in [-0.05, 0) is 25.8 Å². The Morgan fingerprint density at radius 1 is 1.30 bits per heavy atom. The number of likely N-dealkylation sites (tertiary alicyclic amines) is 1. The number of nitrogens with one attached hydrogen (secondary N) is 2. The Labute approximate surface area is 136 Å². The number of carbonyl (C=O) groups excluding carboxylic acids is 2. The Kier molecular flexibility index (Phi) is 4.69. The highest BCUT2D eigenvalue weighted by Crippen LogP contribution is 2.33. The lowest BCUT2D eigenvalue weighted by Gasteiger charge is -2.26. The van der Waals surface area contributed by atoms with Crippen molar-refractivity contribution < 1.29 is 14.3 Å². The number of hydrogen-bond acceptors (Lipinski definition) is 3. The molecular weight excluding hydrogens is 294 g/mol. The van der Waals surface area contributed by atoms with Crippen LogP contribution in [-0.2, 0) is 4.79 Å². The molecular formula is C17H23N3O3. The Hall–Kier alpha value is -2.24. The molecule has 0 saturated carbocycles. The summed E-state index contributed by atoms with van der Waals surface area (Å²) < 4.78 is 5.61. The van der Waals surface area contributed by atoms with E-state index in [9.17, 15) is 9.59 Å². The predicted octanol–water partition coefficient (Wildman–Crippen LogP) is 1.47. The fraction of sp³-hybridized carbons (Fsp3) is 0.529. The number of carbonyl (C=O) groups is 2. The number of para-hydroxylation sites is 1. The summed E-state index contributed by atoms with van der Waals surface area (Å²) in [5, 5.41) is 5.90. The molecule has 0 unspecified atom stereocenters. The van der Waals surface area contributed by atoms with Crippen LogP contribution >= 0.6 is 0 Å². The summed E-state index contributed by atoms with van der Waals surface area (Å²) in [5.74, 6) is 0.663. The SMILES string of the molecule is CCNC(=O)N1CC[C@H](NC(=O)[C@@H]2CCOc3ccccc32)C1. The molecule has 2 N–H and O–H groups in total. The maximum atomic E-state index is 12.6. The van der Waals surface area contributed by atoms with Crippen molar-refractivity contribution >= 4 is 11.9 Å².